The second-order valence-corrected chi connectivity index (χ2v) is 5.16. The summed E-state index contributed by atoms with van der Waals surface area (Å²) in [5.74, 6) is -0.192. The molecule has 0 radical (unpaired) electrons. The third kappa shape index (κ3) is 3.65. The van der Waals surface area contributed by atoms with E-state index >= 15 is 0 Å². The third-order valence-corrected chi connectivity index (χ3v) is 3.17. The van der Waals surface area contributed by atoms with Crippen molar-refractivity contribution in [1.82, 2.24) is 15.1 Å². The molecule has 0 aliphatic carbocycles. The van der Waals surface area contributed by atoms with Crippen LogP contribution in [0.25, 0.3) is 0 Å². The lowest BCUT2D eigenvalue weighted by atomic mass is 10.2. The number of hydrogen-bond donors (Lipinski definition) is 1. The Labute approximate surface area is 114 Å². The highest BCUT2D eigenvalue weighted by Gasteiger charge is 2.06. The lowest BCUT2D eigenvalue weighted by Gasteiger charge is -2.14. The van der Waals surface area contributed by atoms with Gasteiger partial charge in [-0.15, -0.1) is 0 Å². The van der Waals surface area contributed by atoms with Crippen molar-refractivity contribution in [3.8, 4) is 0 Å². The van der Waals surface area contributed by atoms with Crippen molar-refractivity contribution in [2.45, 2.75) is 26.1 Å². The van der Waals surface area contributed by atoms with Crippen LogP contribution in [0, 0.1) is 5.82 Å². The topological polar surface area (TPSA) is 29.9 Å². The van der Waals surface area contributed by atoms with Gasteiger partial charge in [0, 0.05) is 35.0 Å². The predicted molar refractivity (Wildman–Crippen MR) is 72.6 cm³/mol. The van der Waals surface area contributed by atoms with Crippen LogP contribution in [-0.4, -0.2) is 15.8 Å². The molecule has 2 aromatic rings. The molecule has 2 rings (SSSR count). The van der Waals surface area contributed by atoms with Gasteiger partial charge in [0.25, 0.3) is 0 Å². The smallest absolute Gasteiger partial charge is 0.128 e. The number of rotatable bonds is 5. The number of aromatic nitrogens is 2. The van der Waals surface area contributed by atoms with Gasteiger partial charge in [0.15, 0.2) is 0 Å². The Morgan fingerprint density at radius 2 is 2.33 bits per heavy atom. The summed E-state index contributed by atoms with van der Waals surface area (Å²) >= 11 is 3.24. The zero-order valence-corrected chi connectivity index (χ0v) is 11.7. The first-order valence-electron chi connectivity index (χ1n) is 5.80. The van der Waals surface area contributed by atoms with Crippen LogP contribution in [0.1, 0.15) is 12.5 Å². The largest absolute Gasteiger partial charge is 0.308 e. The van der Waals surface area contributed by atoms with Crippen LogP contribution in [0.4, 0.5) is 4.39 Å². The molecule has 1 aromatic heterocycles. The van der Waals surface area contributed by atoms with Crippen molar-refractivity contribution in [2.75, 3.05) is 0 Å². The maximum absolute atomic E-state index is 13.6. The molecule has 1 N–H and O–H groups in total. The fourth-order valence-corrected chi connectivity index (χ4v) is 2.04. The van der Waals surface area contributed by atoms with Crippen molar-refractivity contribution in [3.63, 3.8) is 0 Å². The summed E-state index contributed by atoms with van der Waals surface area (Å²) in [7, 11) is 0. The zero-order chi connectivity index (χ0) is 13.0. The van der Waals surface area contributed by atoms with Crippen LogP contribution in [0.15, 0.2) is 41.1 Å². The van der Waals surface area contributed by atoms with Crippen molar-refractivity contribution in [1.29, 1.82) is 0 Å². The van der Waals surface area contributed by atoms with E-state index in [0.717, 1.165) is 11.0 Å². The second-order valence-electron chi connectivity index (χ2n) is 4.25. The molecule has 0 spiro atoms. The molecule has 0 saturated carbocycles. The van der Waals surface area contributed by atoms with Gasteiger partial charge in [-0.1, -0.05) is 22.0 Å². The normalized spacial score (nSPS) is 12.6. The Balaban J connectivity index is 1.87. The fourth-order valence-electron chi connectivity index (χ4n) is 1.70. The second kappa shape index (κ2) is 6.11. The van der Waals surface area contributed by atoms with Gasteiger partial charge in [0.05, 0.1) is 6.54 Å². The van der Waals surface area contributed by atoms with E-state index in [9.17, 15) is 4.39 Å². The average molecular weight is 312 g/mol. The average Bonchev–Trinajstić information content (AvgIpc) is 2.80. The van der Waals surface area contributed by atoms with Crippen LogP contribution in [0.3, 0.4) is 0 Å². The first-order valence-corrected chi connectivity index (χ1v) is 6.59. The van der Waals surface area contributed by atoms with E-state index in [0.29, 0.717) is 12.1 Å². The summed E-state index contributed by atoms with van der Waals surface area (Å²) in [4.78, 5) is 0. The van der Waals surface area contributed by atoms with Crippen LogP contribution < -0.4 is 5.32 Å². The first-order chi connectivity index (χ1) is 8.65. The minimum atomic E-state index is -0.192. The molecule has 3 nitrogen and oxygen atoms in total. The molecule has 0 aliphatic rings. The van der Waals surface area contributed by atoms with E-state index in [4.69, 9.17) is 0 Å². The molecule has 1 atom stereocenters. The summed E-state index contributed by atoms with van der Waals surface area (Å²) < 4.78 is 16.2. The monoisotopic (exact) mass is 311 g/mol. The third-order valence-electron chi connectivity index (χ3n) is 2.68. The summed E-state index contributed by atoms with van der Waals surface area (Å²) in [5.41, 5.74) is 0.672. The van der Waals surface area contributed by atoms with Gasteiger partial charge in [0.1, 0.15) is 5.82 Å². The Hall–Kier alpha value is -1.20. The van der Waals surface area contributed by atoms with Crippen molar-refractivity contribution in [3.05, 3.63) is 52.5 Å². The van der Waals surface area contributed by atoms with E-state index < -0.39 is 0 Å². The lowest BCUT2D eigenvalue weighted by Crippen LogP contribution is -2.30. The van der Waals surface area contributed by atoms with E-state index in [1.54, 1.807) is 12.3 Å². The molecule has 0 aliphatic heterocycles. The summed E-state index contributed by atoms with van der Waals surface area (Å²) in [6.45, 7) is 3.34. The van der Waals surface area contributed by atoms with Crippen LogP contribution in [0.2, 0.25) is 0 Å². The lowest BCUT2D eigenvalue weighted by molar-refractivity contribution is 0.445. The van der Waals surface area contributed by atoms with E-state index in [1.807, 2.05) is 23.0 Å². The van der Waals surface area contributed by atoms with Crippen molar-refractivity contribution < 1.29 is 4.39 Å². The van der Waals surface area contributed by atoms with Gasteiger partial charge in [0.2, 0.25) is 0 Å². The van der Waals surface area contributed by atoms with Gasteiger partial charge in [-0.2, -0.15) is 5.10 Å². The SMILES string of the molecule is CC(Cn1cccn1)NCc1ccc(Br)cc1F. The highest BCUT2D eigenvalue weighted by atomic mass is 79.9. The van der Waals surface area contributed by atoms with Crippen LogP contribution >= 0.6 is 15.9 Å². The number of hydrogen-bond acceptors (Lipinski definition) is 2. The summed E-state index contributed by atoms with van der Waals surface area (Å²) in [5, 5.41) is 7.42. The molecule has 0 fully saturated rings. The molecule has 1 heterocycles. The van der Waals surface area contributed by atoms with Crippen molar-refractivity contribution >= 4 is 15.9 Å². The molecule has 1 unspecified atom stereocenters. The molecular formula is C13H15BrFN3. The molecule has 96 valence electrons. The Morgan fingerprint density at radius 3 is 3.00 bits per heavy atom. The van der Waals surface area contributed by atoms with Crippen LogP contribution in [-0.2, 0) is 13.1 Å². The van der Waals surface area contributed by atoms with Crippen LogP contribution in [0.5, 0.6) is 0 Å². The molecule has 0 bridgehead atoms. The molecule has 0 amide bonds. The molecule has 0 saturated heterocycles. The van der Waals surface area contributed by atoms with E-state index in [2.05, 4.69) is 33.3 Å². The Kier molecular flexibility index (Phi) is 4.49. The standard InChI is InChI=1S/C13H15BrFN3/c1-10(9-18-6-2-5-17-18)16-8-11-3-4-12(14)7-13(11)15/h2-7,10,16H,8-9H2,1H3. The number of benzene rings is 1. The number of nitrogens with zero attached hydrogens (tertiary/aromatic N) is 2. The van der Waals surface area contributed by atoms with E-state index in [1.165, 1.54) is 6.07 Å². The fraction of sp³-hybridized carbons (Fsp3) is 0.308. The maximum Gasteiger partial charge on any atom is 0.128 e. The summed E-state index contributed by atoms with van der Waals surface area (Å²) in [6, 6.07) is 7.23. The van der Waals surface area contributed by atoms with Gasteiger partial charge in [-0.25, -0.2) is 4.39 Å². The quantitative estimate of drug-likeness (QED) is 0.920. The predicted octanol–water partition coefficient (Wildman–Crippen LogP) is 2.96. The van der Waals surface area contributed by atoms with Gasteiger partial charge >= 0.3 is 0 Å². The van der Waals surface area contributed by atoms with Gasteiger partial charge in [-0.3, -0.25) is 4.68 Å². The van der Waals surface area contributed by atoms with Gasteiger partial charge in [-0.05, 0) is 25.1 Å². The van der Waals surface area contributed by atoms with E-state index in [-0.39, 0.29) is 11.9 Å². The summed E-state index contributed by atoms with van der Waals surface area (Å²) in [6.07, 6.45) is 3.67. The highest BCUT2D eigenvalue weighted by molar-refractivity contribution is 9.10. The Morgan fingerprint density at radius 1 is 1.50 bits per heavy atom. The Bertz CT molecular complexity index is 499. The zero-order valence-electron chi connectivity index (χ0n) is 10.1. The number of nitrogens with one attached hydrogen (secondary N) is 1. The van der Waals surface area contributed by atoms with Gasteiger partial charge < -0.3 is 5.32 Å². The minimum absolute atomic E-state index is 0.192. The molecule has 18 heavy (non-hydrogen) atoms. The maximum atomic E-state index is 13.6. The minimum Gasteiger partial charge on any atom is -0.308 e. The molecule has 1 aromatic carbocycles. The number of halogens is 2. The molecular weight excluding hydrogens is 297 g/mol. The van der Waals surface area contributed by atoms with Crippen molar-refractivity contribution in [2.24, 2.45) is 0 Å². The highest BCUT2D eigenvalue weighted by Crippen LogP contribution is 2.15. The first kappa shape index (κ1) is 13.2. The molecule has 5 heteroatoms.